The number of carbonyl (C=O) groups excluding carboxylic acids is 2. The lowest BCUT2D eigenvalue weighted by molar-refractivity contribution is -0.140. The summed E-state index contributed by atoms with van der Waals surface area (Å²) >= 11 is 18.3. The zero-order valence-corrected chi connectivity index (χ0v) is 26.5. The second-order valence-corrected chi connectivity index (χ2v) is 12.9. The monoisotopic (exact) mass is 637 g/mol. The highest BCUT2D eigenvalue weighted by Crippen LogP contribution is 2.27. The third-order valence-electron chi connectivity index (χ3n) is 6.73. The fourth-order valence-electron chi connectivity index (χ4n) is 4.17. The molecule has 0 spiro atoms. The number of hydrogen-bond donors (Lipinski definition) is 1. The van der Waals surface area contributed by atoms with Gasteiger partial charge < -0.3 is 10.2 Å². The zero-order chi connectivity index (χ0) is 30.3. The molecule has 0 aromatic heterocycles. The Morgan fingerprint density at radius 1 is 0.878 bits per heavy atom. The van der Waals surface area contributed by atoms with Crippen LogP contribution in [0.15, 0.2) is 71.6 Å². The summed E-state index contributed by atoms with van der Waals surface area (Å²) in [6, 6.07) is 16.6. The number of nitrogens with zero attached hydrogens (tertiary/aromatic N) is 2. The fourth-order valence-corrected chi connectivity index (χ4v) is 6.03. The van der Waals surface area contributed by atoms with Gasteiger partial charge in [0.1, 0.15) is 12.6 Å². The summed E-state index contributed by atoms with van der Waals surface area (Å²) in [5, 5.41) is 3.99. The number of halogens is 3. The number of sulfonamides is 1. The second kappa shape index (κ2) is 14.4. The molecule has 220 valence electrons. The normalized spacial score (nSPS) is 12.9. The first-order valence-electron chi connectivity index (χ1n) is 13.3. The van der Waals surface area contributed by atoms with E-state index in [1.165, 1.54) is 29.2 Å². The van der Waals surface area contributed by atoms with Crippen molar-refractivity contribution in [3.8, 4) is 0 Å². The van der Waals surface area contributed by atoms with Gasteiger partial charge in [0.2, 0.25) is 11.8 Å². The third-order valence-corrected chi connectivity index (χ3v) is 9.51. The SMILES string of the molecule is CCC(C)NC(=O)C(CC)N(Cc1ccc(Cl)c(Cl)c1)C(=O)CN(c1ccc(C)cc1)S(=O)(=O)c1ccc(Cl)cc1. The molecule has 0 saturated heterocycles. The van der Waals surface area contributed by atoms with E-state index in [9.17, 15) is 18.0 Å². The largest absolute Gasteiger partial charge is 0.352 e. The zero-order valence-electron chi connectivity index (χ0n) is 23.4. The van der Waals surface area contributed by atoms with Gasteiger partial charge in [-0.25, -0.2) is 8.42 Å². The molecule has 2 atom stereocenters. The van der Waals surface area contributed by atoms with Crippen LogP contribution in [0.25, 0.3) is 0 Å². The van der Waals surface area contributed by atoms with Crippen molar-refractivity contribution in [2.24, 2.45) is 0 Å². The maximum Gasteiger partial charge on any atom is 0.264 e. The quantitative estimate of drug-likeness (QED) is 0.235. The molecule has 0 aliphatic heterocycles. The molecule has 1 N–H and O–H groups in total. The number of amides is 2. The van der Waals surface area contributed by atoms with Crippen molar-refractivity contribution in [2.45, 2.75) is 64.1 Å². The van der Waals surface area contributed by atoms with E-state index in [1.54, 1.807) is 49.4 Å². The van der Waals surface area contributed by atoms with Crippen LogP contribution in [0.2, 0.25) is 15.1 Å². The van der Waals surface area contributed by atoms with Gasteiger partial charge in [-0.3, -0.25) is 13.9 Å². The molecule has 0 bridgehead atoms. The first-order chi connectivity index (χ1) is 19.4. The molecule has 11 heteroatoms. The maximum atomic E-state index is 14.1. The van der Waals surface area contributed by atoms with Crippen LogP contribution in [-0.4, -0.2) is 43.8 Å². The van der Waals surface area contributed by atoms with Gasteiger partial charge in [0.15, 0.2) is 0 Å². The number of rotatable bonds is 12. The Kier molecular flexibility index (Phi) is 11.5. The Morgan fingerprint density at radius 3 is 2.07 bits per heavy atom. The van der Waals surface area contributed by atoms with Crippen molar-refractivity contribution in [2.75, 3.05) is 10.8 Å². The van der Waals surface area contributed by atoms with Crippen LogP contribution in [0.5, 0.6) is 0 Å². The molecule has 3 aromatic rings. The van der Waals surface area contributed by atoms with Gasteiger partial charge in [-0.15, -0.1) is 0 Å². The van der Waals surface area contributed by atoms with Gasteiger partial charge in [-0.1, -0.05) is 72.4 Å². The second-order valence-electron chi connectivity index (χ2n) is 9.81. The number of anilines is 1. The molecule has 0 saturated carbocycles. The van der Waals surface area contributed by atoms with Crippen molar-refractivity contribution in [1.29, 1.82) is 0 Å². The van der Waals surface area contributed by atoms with Crippen LogP contribution in [0, 0.1) is 6.92 Å². The molecular weight excluding hydrogens is 605 g/mol. The molecule has 2 unspecified atom stereocenters. The molecule has 2 amide bonds. The van der Waals surface area contributed by atoms with E-state index < -0.39 is 28.5 Å². The van der Waals surface area contributed by atoms with E-state index in [4.69, 9.17) is 34.8 Å². The predicted molar refractivity (Wildman–Crippen MR) is 166 cm³/mol. The first-order valence-corrected chi connectivity index (χ1v) is 15.8. The molecule has 0 aliphatic rings. The highest BCUT2D eigenvalue weighted by atomic mass is 35.5. The lowest BCUT2D eigenvalue weighted by Crippen LogP contribution is -2.53. The number of nitrogens with one attached hydrogen (secondary N) is 1. The van der Waals surface area contributed by atoms with Crippen LogP contribution < -0.4 is 9.62 Å². The Balaban J connectivity index is 2.07. The molecule has 0 radical (unpaired) electrons. The Hall–Kier alpha value is -2.78. The summed E-state index contributed by atoms with van der Waals surface area (Å²) < 4.78 is 28.8. The van der Waals surface area contributed by atoms with Crippen LogP contribution in [0.1, 0.15) is 44.7 Å². The molecular formula is C30H34Cl3N3O4S. The molecule has 0 heterocycles. The minimum absolute atomic E-state index is 0.0187. The lowest BCUT2D eigenvalue weighted by atomic mass is 10.1. The van der Waals surface area contributed by atoms with Crippen molar-refractivity contribution in [1.82, 2.24) is 10.2 Å². The summed E-state index contributed by atoms with van der Waals surface area (Å²) in [6.45, 7) is 7.00. The smallest absolute Gasteiger partial charge is 0.264 e. The van der Waals surface area contributed by atoms with E-state index in [0.717, 1.165) is 9.87 Å². The molecule has 0 fully saturated rings. The van der Waals surface area contributed by atoms with Crippen LogP contribution in [-0.2, 0) is 26.2 Å². The van der Waals surface area contributed by atoms with Crippen molar-refractivity contribution in [3.05, 3.63) is 92.9 Å². The van der Waals surface area contributed by atoms with E-state index in [2.05, 4.69) is 5.32 Å². The van der Waals surface area contributed by atoms with Gasteiger partial charge in [-0.2, -0.15) is 0 Å². The van der Waals surface area contributed by atoms with Gasteiger partial charge in [-0.05, 0) is 80.8 Å². The lowest BCUT2D eigenvalue weighted by Gasteiger charge is -2.33. The van der Waals surface area contributed by atoms with Gasteiger partial charge in [0, 0.05) is 17.6 Å². The van der Waals surface area contributed by atoms with Gasteiger partial charge in [0.05, 0.1) is 20.6 Å². The standard InChI is InChI=1S/C30H34Cl3N3O4S/c1-5-21(4)34-30(38)28(6-2)35(18-22-9-16-26(32)27(33)17-22)29(37)19-36(24-12-7-20(3)8-13-24)41(39,40)25-14-10-23(31)11-15-25/h7-17,21,28H,5-6,18-19H2,1-4H3,(H,34,38). The van der Waals surface area contributed by atoms with E-state index in [0.29, 0.717) is 39.2 Å². The summed E-state index contributed by atoms with van der Waals surface area (Å²) in [6.07, 6.45) is 1.02. The molecule has 3 rings (SSSR count). The summed E-state index contributed by atoms with van der Waals surface area (Å²) in [5.41, 5.74) is 1.88. The maximum absolute atomic E-state index is 14.1. The van der Waals surface area contributed by atoms with Crippen molar-refractivity contribution in [3.63, 3.8) is 0 Å². The number of aryl methyl sites for hydroxylation is 1. The van der Waals surface area contributed by atoms with Crippen LogP contribution in [0.3, 0.4) is 0 Å². The average Bonchev–Trinajstić information content (AvgIpc) is 2.94. The Bertz CT molecular complexity index is 1470. The summed E-state index contributed by atoms with van der Waals surface area (Å²) in [5.74, 6) is -0.877. The number of benzene rings is 3. The van der Waals surface area contributed by atoms with Gasteiger partial charge in [0.25, 0.3) is 10.0 Å². The van der Waals surface area contributed by atoms with Crippen LogP contribution in [0.4, 0.5) is 5.69 Å². The highest BCUT2D eigenvalue weighted by Gasteiger charge is 2.34. The van der Waals surface area contributed by atoms with Gasteiger partial charge >= 0.3 is 0 Å². The molecule has 3 aromatic carbocycles. The summed E-state index contributed by atoms with van der Waals surface area (Å²) in [7, 11) is -4.19. The molecule has 7 nitrogen and oxygen atoms in total. The first kappa shape index (κ1) is 32.7. The minimum Gasteiger partial charge on any atom is -0.352 e. The van der Waals surface area contributed by atoms with E-state index in [1.807, 2.05) is 20.8 Å². The fraction of sp³-hybridized carbons (Fsp3) is 0.333. The molecule has 41 heavy (non-hydrogen) atoms. The Labute approximate surface area is 257 Å². The van der Waals surface area contributed by atoms with Crippen molar-refractivity contribution >= 4 is 62.3 Å². The molecule has 0 aliphatic carbocycles. The number of carbonyl (C=O) groups is 2. The van der Waals surface area contributed by atoms with E-state index >= 15 is 0 Å². The number of hydrogen-bond acceptors (Lipinski definition) is 4. The van der Waals surface area contributed by atoms with E-state index in [-0.39, 0.29) is 23.4 Å². The summed E-state index contributed by atoms with van der Waals surface area (Å²) in [4.78, 5) is 28.8. The predicted octanol–water partition coefficient (Wildman–Crippen LogP) is 6.87. The average molecular weight is 639 g/mol. The van der Waals surface area contributed by atoms with Crippen LogP contribution >= 0.6 is 34.8 Å². The minimum atomic E-state index is -4.19. The third kappa shape index (κ3) is 8.38. The Morgan fingerprint density at radius 2 is 1.51 bits per heavy atom. The highest BCUT2D eigenvalue weighted by molar-refractivity contribution is 7.92. The van der Waals surface area contributed by atoms with Crippen molar-refractivity contribution < 1.29 is 18.0 Å². The topological polar surface area (TPSA) is 86.8 Å².